The predicted molar refractivity (Wildman–Crippen MR) is 72.2 cm³/mol. The topological polar surface area (TPSA) is 72.9 Å². The van der Waals surface area contributed by atoms with Gasteiger partial charge in [-0.25, -0.2) is 0 Å². The smallest absolute Gasteiger partial charge is 0.221 e. The van der Waals surface area contributed by atoms with E-state index in [4.69, 9.17) is 5.73 Å². The number of aryl methyl sites for hydroxylation is 3. The van der Waals surface area contributed by atoms with Gasteiger partial charge in [-0.05, 0) is 32.8 Å². The van der Waals surface area contributed by atoms with E-state index in [1.54, 1.807) is 0 Å². The summed E-state index contributed by atoms with van der Waals surface area (Å²) in [5, 5.41) is 7.26. The second-order valence-electron chi connectivity index (χ2n) is 4.73. The molecule has 0 radical (unpaired) electrons. The lowest BCUT2D eigenvalue weighted by Crippen LogP contribution is -2.32. The van der Waals surface area contributed by atoms with Gasteiger partial charge in [-0.15, -0.1) is 0 Å². The van der Waals surface area contributed by atoms with Gasteiger partial charge in [-0.3, -0.25) is 9.48 Å². The zero-order chi connectivity index (χ0) is 13.5. The Balaban J connectivity index is 2.19. The average molecular weight is 252 g/mol. The Bertz CT molecular complexity index is 386. The largest absolute Gasteiger partial charge is 0.356 e. The number of amides is 1. The molecule has 0 aliphatic carbocycles. The fourth-order valence-electron chi connectivity index (χ4n) is 1.81. The number of nitrogens with zero attached hydrogens (tertiary/aromatic N) is 2. The summed E-state index contributed by atoms with van der Waals surface area (Å²) in [6.45, 7) is 7.52. The van der Waals surface area contributed by atoms with Crippen LogP contribution in [-0.2, 0) is 11.3 Å². The Labute approximate surface area is 109 Å². The lowest BCUT2D eigenvalue weighted by Gasteiger charge is -2.09. The van der Waals surface area contributed by atoms with Crippen molar-refractivity contribution in [1.29, 1.82) is 0 Å². The van der Waals surface area contributed by atoms with E-state index in [1.807, 2.05) is 25.5 Å². The van der Waals surface area contributed by atoms with Crippen molar-refractivity contribution in [3.05, 3.63) is 17.5 Å². The lowest BCUT2D eigenvalue weighted by molar-refractivity contribution is -0.121. The van der Waals surface area contributed by atoms with Crippen LogP contribution in [-0.4, -0.2) is 28.3 Å². The number of carbonyl (C=O) groups is 1. The minimum Gasteiger partial charge on any atom is -0.356 e. The quantitative estimate of drug-likeness (QED) is 0.715. The monoisotopic (exact) mass is 252 g/mol. The maximum atomic E-state index is 11.5. The van der Waals surface area contributed by atoms with Crippen LogP contribution in [0.2, 0.25) is 0 Å². The van der Waals surface area contributed by atoms with E-state index in [1.165, 1.54) is 0 Å². The Morgan fingerprint density at radius 1 is 1.56 bits per heavy atom. The summed E-state index contributed by atoms with van der Waals surface area (Å²) in [5.74, 6) is 0.0396. The lowest BCUT2D eigenvalue weighted by atomic mass is 10.1. The molecule has 1 atom stereocenters. The molecule has 0 aliphatic rings. The normalized spacial score (nSPS) is 12.4. The summed E-state index contributed by atoms with van der Waals surface area (Å²) in [7, 11) is 0. The van der Waals surface area contributed by atoms with E-state index in [9.17, 15) is 4.79 Å². The van der Waals surface area contributed by atoms with Gasteiger partial charge in [0, 0.05) is 31.2 Å². The van der Waals surface area contributed by atoms with Crippen LogP contribution in [0.25, 0.3) is 0 Å². The van der Waals surface area contributed by atoms with Crippen LogP contribution in [0.4, 0.5) is 0 Å². The third-order valence-electron chi connectivity index (χ3n) is 2.94. The van der Waals surface area contributed by atoms with Crippen molar-refractivity contribution in [3.63, 3.8) is 0 Å². The van der Waals surface area contributed by atoms with Crippen molar-refractivity contribution < 1.29 is 4.79 Å². The molecule has 0 aliphatic heterocycles. The van der Waals surface area contributed by atoms with Gasteiger partial charge >= 0.3 is 0 Å². The van der Waals surface area contributed by atoms with Crippen LogP contribution < -0.4 is 11.1 Å². The zero-order valence-corrected chi connectivity index (χ0v) is 11.6. The second kappa shape index (κ2) is 7.16. The van der Waals surface area contributed by atoms with Gasteiger partial charge in [0.2, 0.25) is 5.91 Å². The molecule has 5 heteroatoms. The Hall–Kier alpha value is -1.36. The van der Waals surface area contributed by atoms with Crippen LogP contribution in [0, 0.1) is 13.8 Å². The zero-order valence-electron chi connectivity index (χ0n) is 11.6. The molecule has 0 saturated heterocycles. The Morgan fingerprint density at radius 2 is 2.28 bits per heavy atom. The summed E-state index contributed by atoms with van der Waals surface area (Å²) in [4.78, 5) is 11.5. The number of hydrogen-bond donors (Lipinski definition) is 2. The molecule has 1 aromatic rings. The number of carbonyl (C=O) groups excluding carboxylic acids is 1. The Morgan fingerprint density at radius 3 is 2.83 bits per heavy atom. The van der Waals surface area contributed by atoms with Crippen molar-refractivity contribution in [2.45, 2.75) is 52.6 Å². The summed E-state index contributed by atoms with van der Waals surface area (Å²) in [6.07, 6.45) is 2.13. The standard InChI is InChI=1S/C13H24N4O/c1-4-12(14)9-13(18)15-6-5-7-17-11(3)8-10(2)16-17/h8,12H,4-7,9,14H2,1-3H3,(H,15,18). The molecule has 0 spiro atoms. The maximum Gasteiger partial charge on any atom is 0.221 e. The fraction of sp³-hybridized carbons (Fsp3) is 0.692. The second-order valence-corrected chi connectivity index (χ2v) is 4.73. The molecule has 0 bridgehead atoms. The van der Waals surface area contributed by atoms with Gasteiger partial charge in [-0.1, -0.05) is 6.92 Å². The minimum atomic E-state index is -0.0268. The van der Waals surface area contributed by atoms with Crippen molar-refractivity contribution in [2.24, 2.45) is 5.73 Å². The number of nitrogens with one attached hydrogen (secondary N) is 1. The number of aromatic nitrogens is 2. The molecule has 1 rings (SSSR count). The minimum absolute atomic E-state index is 0.0268. The molecule has 18 heavy (non-hydrogen) atoms. The summed E-state index contributed by atoms with van der Waals surface area (Å²) >= 11 is 0. The highest BCUT2D eigenvalue weighted by molar-refractivity contribution is 5.76. The van der Waals surface area contributed by atoms with Crippen molar-refractivity contribution in [3.8, 4) is 0 Å². The maximum absolute atomic E-state index is 11.5. The molecule has 1 aromatic heterocycles. The van der Waals surface area contributed by atoms with E-state index < -0.39 is 0 Å². The SMILES string of the molecule is CCC(N)CC(=O)NCCCn1nc(C)cc1C. The van der Waals surface area contributed by atoms with E-state index in [0.717, 1.165) is 30.8 Å². The number of rotatable bonds is 7. The van der Waals surface area contributed by atoms with Gasteiger partial charge in [-0.2, -0.15) is 5.10 Å². The molecular weight excluding hydrogens is 228 g/mol. The molecule has 3 N–H and O–H groups in total. The third-order valence-corrected chi connectivity index (χ3v) is 2.94. The molecule has 0 fully saturated rings. The summed E-state index contributed by atoms with van der Waals surface area (Å²) < 4.78 is 1.97. The van der Waals surface area contributed by atoms with Crippen molar-refractivity contribution >= 4 is 5.91 Å². The average Bonchev–Trinajstić information content (AvgIpc) is 2.63. The van der Waals surface area contributed by atoms with E-state index in [0.29, 0.717) is 13.0 Å². The highest BCUT2D eigenvalue weighted by atomic mass is 16.1. The highest BCUT2D eigenvalue weighted by Crippen LogP contribution is 2.02. The van der Waals surface area contributed by atoms with E-state index in [-0.39, 0.29) is 11.9 Å². The van der Waals surface area contributed by atoms with E-state index >= 15 is 0 Å². The first-order valence-corrected chi connectivity index (χ1v) is 6.56. The summed E-state index contributed by atoms with van der Waals surface area (Å²) in [6, 6.07) is 2.03. The van der Waals surface area contributed by atoms with Gasteiger partial charge in [0.15, 0.2) is 0 Å². The van der Waals surface area contributed by atoms with Crippen LogP contribution in [0.1, 0.15) is 37.6 Å². The van der Waals surface area contributed by atoms with Gasteiger partial charge < -0.3 is 11.1 Å². The highest BCUT2D eigenvalue weighted by Gasteiger charge is 2.06. The first-order chi connectivity index (χ1) is 8.52. The molecule has 0 saturated carbocycles. The van der Waals surface area contributed by atoms with E-state index in [2.05, 4.69) is 16.5 Å². The van der Waals surface area contributed by atoms with Crippen molar-refractivity contribution in [2.75, 3.05) is 6.54 Å². The molecule has 102 valence electrons. The number of nitrogens with two attached hydrogens (primary N) is 1. The van der Waals surface area contributed by atoms with Crippen LogP contribution in [0.15, 0.2) is 6.07 Å². The van der Waals surface area contributed by atoms with Crippen molar-refractivity contribution in [1.82, 2.24) is 15.1 Å². The van der Waals surface area contributed by atoms with Crippen LogP contribution in [0.3, 0.4) is 0 Å². The third kappa shape index (κ3) is 4.87. The van der Waals surface area contributed by atoms with Crippen LogP contribution in [0.5, 0.6) is 0 Å². The summed E-state index contributed by atoms with van der Waals surface area (Å²) in [5.41, 5.74) is 7.91. The number of hydrogen-bond acceptors (Lipinski definition) is 3. The van der Waals surface area contributed by atoms with Gasteiger partial charge in [0.05, 0.1) is 5.69 Å². The Kier molecular flexibility index (Phi) is 5.85. The van der Waals surface area contributed by atoms with Crippen LogP contribution >= 0.6 is 0 Å². The fourth-order valence-corrected chi connectivity index (χ4v) is 1.81. The molecule has 5 nitrogen and oxygen atoms in total. The molecule has 1 unspecified atom stereocenters. The molecular formula is C13H24N4O. The predicted octanol–water partition coefficient (Wildman–Crippen LogP) is 1.13. The molecule has 0 aromatic carbocycles. The molecule has 1 heterocycles. The molecule has 1 amide bonds. The first-order valence-electron chi connectivity index (χ1n) is 6.56. The van der Waals surface area contributed by atoms with Gasteiger partial charge in [0.1, 0.15) is 0 Å². The first kappa shape index (κ1) is 14.7. The van der Waals surface area contributed by atoms with Gasteiger partial charge in [0.25, 0.3) is 0 Å².